The van der Waals surface area contributed by atoms with Crippen LogP contribution in [-0.4, -0.2) is 12.9 Å². The van der Waals surface area contributed by atoms with Crippen LogP contribution < -0.4 is 4.74 Å². The summed E-state index contributed by atoms with van der Waals surface area (Å²) in [5.41, 5.74) is 2.44. The van der Waals surface area contributed by atoms with Gasteiger partial charge in [-0.15, -0.1) is 0 Å². The minimum atomic E-state index is 0.645. The second-order valence-corrected chi connectivity index (χ2v) is 3.59. The minimum absolute atomic E-state index is 0.645. The first-order valence-electron chi connectivity index (χ1n) is 5.44. The maximum absolute atomic E-state index is 10.2. The highest BCUT2D eigenvalue weighted by Gasteiger charge is 2.00. The first kappa shape index (κ1) is 11.8. The van der Waals surface area contributed by atoms with Gasteiger partial charge in [0.15, 0.2) is 0 Å². The molecule has 0 aliphatic heterocycles. The standard InChI is InChI=1S/C13H18O2/c1-3-15-13-8-7-12(10-11(13)2)6-4-5-9-14/h7-10H,3-6H2,1-2H3. The lowest BCUT2D eigenvalue weighted by Gasteiger charge is -2.08. The molecule has 0 aromatic heterocycles. The number of hydrogen-bond donors (Lipinski definition) is 0. The molecule has 15 heavy (non-hydrogen) atoms. The van der Waals surface area contributed by atoms with Gasteiger partial charge in [0.1, 0.15) is 12.0 Å². The molecule has 0 aliphatic rings. The van der Waals surface area contributed by atoms with Crippen molar-refractivity contribution in [3.63, 3.8) is 0 Å². The van der Waals surface area contributed by atoms with E-state index in [-0.39, 0.29) is 0 Å². The van der Waals surface area contributed by atoms with Gasteiger partial charge in [0, 0.05) is 6.42 Å². The first-order valence-corrected chi connectivity index (χ1v) is 5.44. The zero-order valence-electron chi connectivity index (χ0n) is 9.45. The third-order valence-electron chi connectivity index (χ3n) is 2.33. The summed E-state index contributed by atoms with van der Waals surface area (Å²) in [6.45, 7) is 4.73. The Hall–Kier alpha value is -1.31. The highest BCUT2D eigenvalue weighted by molar-refractivity contribution is 5.49. The van der Waals surface area contributed by atoms with Gasteiger partial charge in [-0.05, 0) is 43.9 Å². The van der Waals surface area contributed by atoms with Crippen molar-refractivity contribution in [1.82, 2.24) is 0 Å². The molecule has 2 nitrogen and oxygen atoms in total. The topological polar surface area (TPSA) is 26.3 Å². The Bertz CT molecular complexity index is 318. The fourth-order valence-electron chi connectivity index (χ4n) is 1.57. The van der Waals surface area contributed by atoms with Crippen LogP contribution in [0.15, 0.2) is 18.2 Å². The van der Waals surface area contributed by atoms with E-state index in [9.17, 15) is 4.79 Å². The van der Waals surface area contributed by atoms with Crippen molar-refractivity contribution < 1.29 is 9.53 Å². The van der Waals surface area contributed by atoms with Crippen LogP contribution in [0.5, 0.6) is 5.75 Å². The molecular formula is C13H18O2. The average Bonchev–Trinajstić information content (AvgIpc) is 2.23. The van der Waals surface area contributed by atoms with Gasteiger partial charge >= 0.3 is 0 Å². The maximum atomic E-state index is 10.2. The van der Waals surface area contributed by atoms with E-state index >= 15 is 0 Å². The molecule has 0 unspecified atom stereocenters. The number of rotatable bonds is 6. The molecule has 1 aromatic carbocycles. The van der Waals surface area contributed by atoms with Gasteiger partial charge in [-0.25, -0.2) is 0 Å². The average molecular weight is 206 g/mol. The Balaban J connectivity index is 2.60. The number of carbonyl (C=O) groups is 1. The van der Waals surface area contributed by atoms with Crippen LogP contribution in [0.2, 0.25) is 0 Å². The third kappa shape index (κ3) is 3.74. The van der Waals surface area contributed by atoms with Crippen molar-refractivity contribution in [3.8, 4) is 5.75 Å². The van der Waals surface area contributed by atoms with Gasteiger partial charge in [-0.2, -0.15) is 0 Å². The number of ether oxygens (including phenoxy) is 1. The van der Waals surface area contributed by atoms with E-state index in [0.717, 1.165) is 24.9 Å². The molecule has 0 spiro atoms. The molecule has 0 fully saturated rings. The second-order valence-electron chi connectivity index (χ2n) is 3.59. The van der Waals surface area contributed by atoms with E-state index in [1.165, 1.54) is 11.1 Å². The lowest BCUT2D eigenvalue weighted by atomic mass is 10.1. The molecule has 1 aromatic rings. The van der Waals surface area contributed by atoms with Gasteiger partial charge in [-0.3, -0.25) is 0 Å². The van der Waals surface area contributed by atoms with Crippen LogP contribution in [0.4, 0.5) is 0 Å². The lowest BCUT2D eigenvalue weighted by Crippen LogP contribution is -1.95. The number of unbranched alkanes of at least 4 members (excludes halogenated alkanes) is 1. The van der Waals surface area contributed by atoms with Crippen molar-refractivity contribution >= 4 is 6.29 Å². The third-order valence-corrected chi connectivity index (χ3v) is 2.33. The zero-order chi connectivity index (χ0) is 11.1. The number of carbonyl (C=O) groups excluding carboxylic acids is 1. The molecule has 0 saturated carbocycles. The van der Waals surface area contributed by atoms with Crippen LogP contribution in [0.25, 0.3) is 0 Å². The molecule has 0 N–H and O–H groups in total. The highest BCUT2D eigenvalue weighted by atomic mass is 16.5. The summed E-state index contributed by atoms with van der Waals surface area (Å²) >= 11 is 0. The Morgan fingerprint density at radius 3 is 2.80 bits per heavy atom. The summed E-state index contributed by atoms with van der Waals surface area (Å²) in [6.07, 6.45) is 3.51. The van der Waals surface area contributed by atoms with Crippen molar-refractivity contribution in [2.75, 3.05) is 6.61 Å². The molecule has 2 heteroatoms. The lowest BCUT2D eigenvalue weighted by molar-refractivity contribution is -0.107. The van der Waals surface area contributed by atoms with Crippen LogP contribution in [0, 0.1) is 6.92 Å². The van der Waals surface area contributed by atoms with Crippen molar-refractivity contribution in [2.45, 2.75) is 33.1 Å². The van der Waals surface area contributed by atoms with E-state index in [4.69, 9.17) is 4.74 Å². The van der Waals surface area contributed by atoms with Crippen LogP contribution in [0.3, 0.4) is 0 Å². The summed E-state index contributed by atoms with van der Waals surface area (Å²) in [4.78, 5) is 10.2. The van der Waals surface area contributed by atoms with Gasteiger partial charge < -0.3 is 9.53 Å². The fraction of sp³-hybridized carbons (Fsp3) is 0.462. The number of hydrogen-bond acceptors (Lipinski definition) is 2. The van der Waals surface area contributed by atoms with E-state index < -0.39 is 0 Å². The summed E-state index contributed by atoms with van der Waals surface area (Å²) < 4.78 is 5.46. The van der Waals surface area contributed by atoms with Crippen LogP contribution in [-0.2, 0) is 11.2 Å². The van der Waals surface area contributed by atoms with E-state index in [2.05, 4.69) is 12.1 Å². The Morgan fingerprint density at radius 2 is 2.20 bits per heavy atom. The predicted molar refractivity (Wildman–Crippen MR) is 61.4 cm³/mol. The monoisotopic (exact) mass is 206 g/mol. The molecule has 0 amide bonds. The molecule has 0 radical (unpaired) electrons. The largest absolute Gasteiger partial charge is 0.494 e. The smallest absolute Gasteiger partial charge is 0.122 e. The number of aldehydes is 1. The summed E-state index contributed by atoms with van der Waals surface area (Å²) in [5.74, 6) is 0.955. The molecule has 1 rings (SSSR count). The van der Waals surface area contributed by atoms with E-state index in [0.29, 0.717) is 13.0 Å². The van der Waals surface area contributed by atoms with Crippen molar-refractivity contribution in [1.29, 1.82) is 0 Å². The van der Waals surface area contributed by atoms with E-state index in [1.54, 1.807) is 0 Å². The molecule has 0 bridgehead atoms. The molecule has 82 valence electrons. The van der Waals surface area contributed by atoms with Gasteiger partial charge in [0.05, 0.1) is 6.61 Å². The SMILES string of the molecule is CCOc1ccc(CCCC=O)cc1C. The predicted octanol–water partition coefficient (Wildman–Crippen LogP) is 2.92. The van der Waals surface area contributed by atoms with Gasteiger partial charge in [0.2, 0.25) is 0 Å². The molecule has 0 heterocycles. The number of benzene rings is 1. The highest BCUT2D eigenvalue weighted by Crippen LogP contribution is 2.19. The van der Waals surface area contributed by atoms with Gasteiger partial charge in [-0.1, -0.05) is 12.1 Å². The Labute approximate surface area is 91.3 Å². The van der Waals surface area contributed by atoms with Crippen LogP contribution in [0.1, 0.15) is 30.9 Å². The zero-order valence-corrected chi connectivity index (χ0v) is 9.45. The molecular weight excluding hydrogens is 188 g/mol. The molecule has 0 atom stereocenters. The van der Waals surface area contributed by atoms with Crippen LogP contribution >= 0.6 is 0 Å². The Kier molecular flexibility index (Phi) is 4.88. The Morgan fingerprint density at radius 1 is 1.40 bits per heavy atom. The normalized spacial score (nSPS) is 10.0. The second kappa shape index (κ2) is 6.23. The minimum Gasteiger partial charge on any atom is -0.494 e. The fourth-order valence-corrected chi connectivity index (χ4v) is 1.57. The molecule has 0 saturated heterocycles. The molecule has 0 aliphatic carbocycles. The summed E-state index contributed by atoms with van der Waals surface area (Å²) in [6, 6.07) is 6.22. The van der Waals surface area contributed by atoms with Gasteiger partial charge in [0.25, 0.3) is 0 Å². The summed E-state index contributed by atoms with van der Waals surface area (Å²) in [5, 5.41) is 0. The quantitative estimate of drug-likeness (QED) is 0.528. The summed E-state index contributed by atoms with van der Waals surface area (Å²) in [7, 11) is 0. The first-order chi connectivity index (χ1) is 7.27. The van der Waals surface area contributed by atoms with Crippen molar-refractivity contribution in [2.24, 2.45) is 0 Å². The number of aryl methyl sites for hydroxylation is 2. The van der Waals surface area contributed by atoms with Crippen molar-refractivity contribution in [3.05, 3.63) is 29.3 Å². The maximum Gasteiger partial charge on any atom is 0.122 e. The van der Waals surface area contributed by atoms with E-state index in [1.807, 2.05) is 19.9 Å².